The quantitative estimate of drug-likeness (QED) is 0.637. The van der Waals surface area contributed by atoms with Gasteiger partial charge in [0.2, 0.25) is 0 Å². The molecule has 0 aromatic heterocycles. The third-order valence-electron chi connectivity index (χ3n) is 3.25. The van der Waals surface area contributed by atoms with Crippen LogP contribution in [0.1, 0.15) is 17.5 Å². The number of hydrogen-bond acceptors (Lipinski definition) is 1. The Labute approximate surface area is 89.8 Å². The van der Waals surface area contributed by atoms with Crippen molar-refractivity contribution in [3.05, 3.63) is 29.3 Å². The average Bonchev–Trinajstić information content (AvgIpc) is 2.23. The van der Waals surface area contributed by atoms with E-state index >= 15 is 0 Å². The minimum absolute atomic E-state index is 0.174. The van der Waals surface area contributed by atoms with E-state index in [4.69, 9.17) is 4.43 Å². The van der Waals surface area contributed by atoms with Crippen molar-refractivity contribution >= 4 is 22.8 Å². The first-order valence-corrected chi connectivity index (χ1v) is 10.7. The topological polar surface area (TPSA) is 9.23 Å². The Hall–Kier alpha value is -0.386. The molecule has 1 aromatic rings. The number of aryl methyl sites for hydroxylation is 1. The first-order valence-electron chi connectivity index (χ1n) is 5.43. The van der Waals surface area contributed by atoms with Crippen LogP contribution in [0, 0.1) is 13.8 Å². The molecule has 14 heavy (non-hydrogen) atoms. The third-order valence-corrected chi connectivity index (χ3v) is 11.2. The van der Waals surface area contributed by atoms with Gasteiger partial charge in [-0.2, -0.15) is 0 Å². The van der Waals surface area contributed by atoms with E-state index in [-0.39, 0.29) is 9.28 Å². The van der Waals surface area contributed by atoms with Crippen molar-refractivity contribution in [1.29, 1.82) is 0 Å². The molecule has 76 valence electrons. The van der Waals surface area contributed by atoms with E-state index in [1.54, 1.807) is 10.8 Å². The summed E-state index contributed by atoms with van der Waals surface area (Å²) in [5, 5.41) is 1.69. The largest absolute Gasteiger partial charge is 0.427 e. The molecule has 1 unspecified atom stereocenters. The van der Waals surface area contributed by atoms with Crippen LogP contribution >= 0.6 is 0 Å². The maximum atomic E-state index is 5.73. The molecule has 0 aliphatic carbocycles. The van der Waals surface area contributed by atoms with Gasteiger partial charge in [0, 0.05) is 6.61 Å². The molecule has 1 aliphatic rings. The fourth-order valence-corrected chi connectivity index (χ4v) is 9.98. The van der Waals surface area contributed by atoms with Gasteiger partial charge in [-0.15, -0.1) is 0 Å². The summed E-state index contributed by atoms with van der Waals surface area (Å²) in [4.78, 5) is 0. The van der Waals surface area contributed by atoms with E-state index in [9.17, 15) is 0 Å². The molecule has 1 aromatic carbocycles. The van der Waals surface area contributed by atoms with Crippen molar-refractivity contribution in [3.63, 3.8) is 0 Å². The van der Waals surface area contributed by atoms with Crippen molar-refractivity contribution in [2.24, 2.45) is 0 Å². The molecule has 1 aliphatic heterocycles. The highest BCUT2D eigenvalue weighted by atomic mass is 29.2. The Morgan fingerprint density at radius 1 is 1.36 bits per heavy atom. The van der Waals surface area contributed by atoms with Gasteiger partial charge in [0.1, 0.15) is 0 Å². The Kier molecular flexibility index (Phi) is 3.20. The van der Waals surface area contributed by atoms with E-state index in [0.717, 1.165) is 6.61 Å². The van der Waals surface area contributed by atoms with Gasteiger partial charge in [-0.05, 0) is 31.4 Å². The first-order chi connectivity index (χ1) is 6.79. The molecule has 1 heterocycles. The Bertz CT molecular complexity index is 319. The number of rotatable bonds is 1. The summed E-state index contributed by atoms with van der Waals surface area (Å²) in [6, 6.07) is 8.27. The van der Waals surface area contributed by atoms with Crippen LogP contribution in [-0.4, -0.2) is 24.2 Å². The smallest absolute Gasteiger partial charge is 0.152 e. The molecular weight excluding hydrogens is 204 g/mol. The molecule has 0 N–H and O–H groups in total. The van der Waals surface area contributed by atoms with Gasteiger partial charge in [-0.25, -0.2) is 0 Å². The molecule has 2 rings (SSSR count). The van der Waals surface area contributed by atoms with Gasteiger partial charge in [0.15, 0.2) is 9.28 Å². The predicted octanol–water partition coefficient (Wildman–Crippen LogP) is 0.738. The lowest BCUT2D eigenvalue weighted by Crippen LogP contribution is -2.42. The van der Waals surface area contributed by atoms with Crippen LogP contribution in [0.2, 0.25) is 6.04 Å². The summed E-state index contributed by atoms with van der Waals surface area (Å²) in [5.74, 6) is 0. The lowest BCUT2D eigenvalue weighted by Gasteiger charge is -2.22. The monoisotopic (exact) mass is 222 g/mol. The summed E-state index contributed by atoms with van der Waals surface area (Å²) < 4.78 is 5.73. The second kappa shape index (κ2) is 4.42. The fraction of sp³-hybridized carbons (Fsp3) is 0.455. The van der Waals surface area contributed by atoms with Gasteiger partial charge in [-0.3, -0.25) is 0 Å². The summed E-state index contributed by atoms with van der Waals surface area (Å²) in [6.45, 7) is 5.54. The van der Waals surface area contributed by atoms with E-state index in [1.165, 1.54) is 18.0 Å². The van der Waals surface area contributed by atoms with Crippen LogP contribution in [0.25, 0.3) is 0 Å². The normalized spacial score (nSPS) is 24.0. The maximum Gasteiger partial charge on any atom is 0.152 e. The highest BCUT2D eigenvalue weighted by Gasteiger charge is 2.20. The third kappa shape index (κ3) is 1.99. The van der Waals surface area contributed by atoms with Gasteiger partial charge in [-0.1, -0.05) is 29.4 Å². The predicted molar refractivity (Wildman–Crippen MR) is 66.6 cm³/mol. The standard InChI is InChI=1S/C11H18OSi2/c1-9-5-3-6-11(10(9)2)14-8-4-7-12-13-14/h3,5-6,14H,4,7-8,13H2,1-2H3. The fourth-order valence-electron chi connectivity index (χ4n) is 2.20. The minimum atomic E-state index is -0.635. The molecule has 0 bridgehead atoms. The van der Waals surface area contributed by atoms with Crippen LogP contribution in [-0.2, 0) is 4.43 Å². The van der Waals surface area contributed by atoms with Crippen LogP contribution in [0.15, 0.2) is 18.2 Å². The van der Waals surface area contributed by atoms with Gasteiger partial charge in [0.05, 0.1) is 8.31 Å². The first kappa shape index (κ1) is 10.1. The zero-order chi connectivity index (χ0) is 9.97. The van der Waals surface area contributed by atoms with Crippen LogP contribution in [0.4, 0.5) is 0 Å². The lowest BCUT2D eigenvalue weighted by molar-refractivity contribution is 0.336. The van der Waals surface area contributed by atoms with Gasteiger partial charge >= 0.3 is 0 Å². The highest BCUT2D eigenvalue weighted by molar-refractivity contribution is 7.17. The molecule has 0 amide bonds. The molecular formula is C11H18OSi2. The van der Waals surface area contributed by atoms with E-state index in [2.05, 4.69) is 32.0 Å². The summed E-state index contributed by atoms with van der Waals surface area (Å²) >= 11 is 0. The Morgan fingerprint density at radius 2 is 2.21 bits per heavy atom. The molecule has 1 atom stereocenters. The molecule has 1 fully saturated rings. The van der Waals surface area contributed by atoms with E-state index < -0.39 is 8.31 Å². The van der Waals surface area contributed by atoms with Crippen LogP contribution in [0.3, 0.4) is 0 Å². The van der Waals surface area contributed by atoms with Gasteiger partial charge < -0.3 is 4.43 Å². The molecule has 0 saturated carbocycles. The Balaban J connectivity index is 2.26. The zero-order valence-electron chi connectivity index (χ0n) is 9.05. The van der Waals surface area contributed by atoms with Crippen molar-refractivity contribution in [3.8, 4) is 0 Å². The highest BCUT2D eigenvalue weighted by Crippen LogP contribution is 2.10. The summed E-state index contributed by atoms with van der Waals surface area (Å²) in [6.07, 6.45) is 1.30. The van der Waals surface area contributed by atoms with Crippen LogP contribution < -0.4 is 5.19 Å². The van der Waals surface area contributed by atoms with Crippen molar-refractivity contribution in [1.82, 2.24) is 0 Å². The molecule has 3 heteroatoms. The SMILES string of the molecule is Cc1cccc([SiH]2CCCO[SiH2]2)c1C. The second-order valence-electron chi connectivity index (χ2n) is 4.20. The van der Waals surface area contributed by atoms with Gasteiger partial charge in [0.25, 0.3) is 0 Å². The summed E-state index contributed by atoms with van der Waals surface area (Å²) in [7, 11) is -0.809. The lowest BCUT2D eigenvalue weighted by atomic mass is 10.1. The van der Waals surface area contributed by atoms with E-state index in [0.29, 0.717) is 0 Å². The minimum Gasteiger partial charge on any atom is -0.427 e. The zero-order valence-corrected chi connectivity index (χ0v) is 11.6. The molecule has 1 saturated heterocycles. The molecule has 0 radical (unpaired) electrons. The van der Waals surface area contributed by atoms with Crippen molar-refractivity contribution in [2.75, 3.05) is 6.61 Å². The van der Waals surface area contributed by atoms with E-state index in [1.807, 2.05) is 0 Å². The van der Waals surface area contributed by atoms with Crippen molar-refractivity contribution < 1.29 is 4.43 Å². The molecule has 0 spiro atoms. The second-order valence-corrected chi connectivity index (χ2v) is 11.5. The maximum absolute atomic E-state index is 5.73. The van der Waals surface area contributed by atoms with Crippen LogP contribution in [0.5, 0.6) is 0 Å². The average molecular weight is 222 g/mol. The molecule has 1 nitrogen and oxygen atoms in total. The number of benzene rings is 1. The Morgan fingerprint density at radius 3 is 2.93 bits per heavy atom. The van der Waals surface area contributed by atoms with Crippen molar-refractivity contribution in [2.45, 2.75) is 26.3 Å². The summed E-state index contributed by atoms with van der Waals surface area (Å²) in [5.41, 5.74) is 3.00. The number of hydrogen-bond donors (Lipinski definition) is 0.